The van der Waals surface area contributed by atoms with Crippen LogP contribution in [-0.4, -0.2) is 69.8 Å². The second-order valence-corrected chi connectivity index (χ2v) is 9.29. The number of nitrogens with zero attached hydrogens (tertiary/aromatic N) is 3. The summed E-state index contributed by atoms with van der Waals surface area (Å²) >= 11 is 0. The normalized spacial score (nSPS) is 21.2. The fourth-order valence-electron chi connectivity index (χ4n) is 4.42. The molecule has 178 valence electrons. The third kappa shape index (κ3) is 5.31. The molecular formula is C23H37N5O4. The number of hydrogen-bond acceptors (Lipinski definition) is 5. The van der Waals surface area contributed by atoms with Crippen LogP contribution in [0.2, 0.25) is 0 Å². The van der Waals surface area contributed by atoms with Crippen molar-refractivity contribution in [1.29, 1.82) is 0 Å². The van der Waals surface area contributed by atoms with E-state index >= 15 is 0 Å². The van der Waals surface area contributed by atoms with Gasteiger partial charge in [0.05, 0.1) is 12.6 Å². The fourth-order valence-corrected chi connectivity index (χ4v) is 4.42. The van der Waals surface area contributed by atoms with Gasteiger partial charge in [0.1, 0.15) is 11.2 Å². The number of aromatic nitrogens is 2. The quantitative estimate of drug-likeness (QED) is 0.535. The lowest BCUT2D eigenvalue weighted by Gasteiger charge is -2.43. The van der Waals surface area contributed by atoms with E-state index < -0.39 is 5.54 Å². The van der Waals surface area contributed by atoms with E-state index in [1.165, 1.54) is 10.7 Å². The topological polar surface area (TPSA) is 106 Å². The first-order valence-corrected chi connectivity index (χ1v) is 11.9. The molecule has 2 heterocycles. The van der Waals surface area contributed by atoms with Crippen LogP contribution < -0.4 is 10.6 Å². The van der Waals surface area contributed by atoms with Crippen molar-refractivity contribution in [3.63, 3.8) is 0 Å². The summed E-state index contributed by atoms with van der Waals surface area (Å²) in [6.07, 6.45) is 5.77. The average molecular weight is 448 g/mol. The zero-order valence-electron chi connectivity index (χ0n) is 19.8. The Morgan fingerprint density at radius 3 is 2.69 bits per heavy atom. The van der Waals surface area contributed by atoms with Gasteiger partial charge in [-0.1, -0.05) is 19.8 Å². The number of carbonyl (C=O) groups excluding carboxylic acids is 3. The maximum Gasteiger partial charge on any atom is 0.273 e. The minimum absolute atomic E-state index is 0.150. The Balaban J connectivity index is 1.72. The third-order valence-corrected chi connectivity index (χ3v) is 6.21. The molecule has 1 fully saturated rings. The standard InChI is InChI=1S/C23H37N5O4/c1-5-12-27-21(30)19-14-18(20(29)24-11-8-13-32-16(2)3)26-28(19)15-23(27,4)22(31)25-17-9-6-7-10-17/h14,16-17H,5-13,15H2,1-4H3,(H,24,29)(H,25,31)/t23-/m1/s1. The molecule has 3 amide bonds. The lowest BCUT2D eigenvalue weighted by atomic mass is 9.94. The van der Waals surface area contributed by atoms with Crippen molar-refractivity contribution in [1.82, 2.24) is 25.3 Å². The van der Waals surface area contributed by atoms with Gasteiger partial charge in [-0.15, -0.1) is 0 Å². The van der Waals surface area contributed by atoms with Crippen molar-refractivity contribution < 1.29 is 19.1 Å². The average Bonchev–Trinajstić information content (AvgIpc) is 3.40. The van der Waals surface area contributed by atoms with Crippen LogP contribution in [0, 0.1) is 0 Å². The van der Waals surface area contributed by atoms with Gasteiger partial charge in [0.2, 0.25) is 5.91 Å². The van der Waals surface area contributed by atoms with Gasteiger partial charge in [-0.05, 0) is 46.5 Å². The molecule has 32 heavy (non-hydrogen) atoms. The number of ether oxygens (including phenoxy) is 1. The first-order valence-electron chi connectivity index (χ1n) is 11.9. The molecule has 1 saturated carbocycles. The molecule has 1 aliphatic heterocycles. The molecular weight excluding hydrogens is 410 g/mol. The van der Waals surface area contributed by atoms with E-state index in [2.05, 4.69) is 15.7 Å². The largest absolute Gasteiger partial charge is 0.379 e. The minimum atomic E-state index is -1.05. The number of carbonyl (C=O) groups is 3. The van der Waals surface area contributed by atoms with Crippen LogP contribution in [0.3, 0.4) is 0 Å². The van der Waals surface area contributed by atoms with Crippen molar-refractivity contribution in [2.45, 2.75) is 90.4 Å². The number of hydrogen-bond donors (Lipinski definition) is 2. The van der Waals surface area contributed by atoms with Crippen molar-refractivity contribution in [2.75, 3.05) is 19.7 Å². The van der Waals surface area contributed by atoms with Crippen LogP contribution in [-0.2, 0) is 16.1 Å². The molecule has 0 aromatic carbocycles. The molecule has 0 spiro atoms. The highest BCUT2D eigenvalue weighted by Crippen LogP contribution is 2.29. The molecule has 0 saturated heterocycles. The third-order valence-electron chi connectivity index (χ3n) is 6.21. The highest BCUT2D eigenvalue weighted by Gasteiger charge is 2.48. The van der Waals surface area contributed by atoms with Gasteiger partial charge < -0.3 is 20.3 Å². The fraction of sp³-hybridized carbons (Fsp3) is 0.739. The van der Waals surface area contributed by atoms with Gasteiger partial charge in [0, 0.05) is 31.8 Å². The van der Waals surface area contributed by atoms with E-state index in [0.717, 1.165) is 32.1 Å². The van der Waals surface area contributed by atoms with Crippen LogP contribution in [0.1, 0.15) is 87.2 Å². The number of rotatable bonds is 10. The zero-order chi connectivity index (χ0) is 23.3. The molecule has 1 atom stereocenters. The summed E-state index contributed by atoms with van der Waals surface area (Å²) in [6, 6.07) is 1.69. The zero-order valence-corrected chi connectivity index (χ0v) is 19.8. The summed E-state index contributed by atoms with van der Waals surface area (Å²) in [6.45, 7) is 9.43. The second-order valence-electron chi connectivity index (χ2n) is 9.29. The summed E-state index contributed by atoms with van der Waals surface area (Å²) in [7, 11) is 0. The summed E-state index contributed by atoms with van der Waals surface area (Å²) in [5.74, 6) is -0.744. The Labute approximate surface area is 190 Å². The molecule has 0 unspecified atom stereocenters. The van der Waals surface area contributed by atoms with Crippen LogP contribution in [0.5, 0.6) is 0 Å². The molecule has 0 bridgehead atoms. The summed E-state index contributed by atoms with van der Waals surface area (Å²) in [4.78, 5) is 40.8. The van der Waals surface area contributed by atoms with E-state index in [0.29, 0.717) is 31.8 Å². The lowest BCUT2D eigenvalue weighted by Crippen LogP contribution is -2.65. The van der Waals surface area contributed by atoms with Crippen LogP contribution in [0.25, 0.3) is 0 Å². The van der Waals surface area contributed by atoms with E-state index in [-0.39, 0.29) is 42.1 Å². The highest BCUT2D eigenvalue weighted by atomic mass is 16.5. The van der Waals surface area contributed by atoms with E-state index in [9.17, 15) is 14.4 Å². The molecule has 9 heteroatoms. The monoisotopic (exact) mass is 447 g/mol. The van der Waals surface area contributed by atoms with Gasteiger partial charge in [-0.3, -0.25) is 19.1 Å². The number of fused-ring (bicyclic) bond motifs is 1. The molecule has 1 aliphatic carbocycles. The van der Waals surface area contributed by atoms with Crippen LogP contribution in [0.15, 0.2) is 6.07 Å². The SMILES string of the molecule is CCCN1C(=O)c2cc(C(=O)NCCCOC(C)C)nn2C[C@]1(C)C(=O)NC1CCCC1. The number of amides is 3. The summed E-state index contributed by atoms with van der Waals surface area (Å²) in [5, 5.41) is 10.3. The Hall–Kier alpha value is -2.42. The van der Waals surface area contributed by atoms with Gasteiger partial charge in [-0.2, -0.15) is 5.10 Å². The maximum absolute atomic E-state index is 13.3. The second kappa shape index (κ2) is 10.5. The van der Waals surface area contributed by atoms with Gasteiger partial charge in [0.25, 0.3) is 11.8 Å². The Bertz CT molecular complexity index is 830. The Morgan fingerprint density at radius 1 is 1.31 bits per heavy atom. The first kappa shape index (κ1) is 24.2. The Morgan fingerprint density at radius 2 is 2.03 bits per heavy atom. The van der Waals surface area contributed by atoms with E-state index in [4.69, 9.17) is 4.74 Å². The molecule has 1 aromatic heterocycles. The molecule has 2 aliphatic rings. The van der Waals surface area contributed by atoms with Crippen LogP contribution in [0.4, 0.5) is 0 Å². The van der Waals surface area contributed by atoms with Crippen molar-refractivity contribution in [3.8, 4) is 0 Å². The van der Waals surface area contributed by atoms with Crippen molar-refractivity contribution in [2.24, 2.45) is 0 Å². The molecule has 0 radical (unpaired) electrons. The Kier molecular flexibility index (Phi) is 7.92. The molecule has 2 N–H and O–H groups in total. The predicted octanol–water partition coefficient (Wildman–Crippen LogP) is 2.11. The van der Waals surface area contributed by atoms with Crippen molar-refractivity contribution >= 4 is 17.7 Å². The van der Waals surface area contributed by atoms with Crippen LogP contribution >= 0.6 is 0 Å². The van der Waals surface area contributed by atoms with Gasteiger partial charge in [0.15, 0.2) is 5.69 Å². The first-order chi connectivity index (χ1) is 15.3. The summed E-state index contributed by atoms with van der Waals surface area (Å²) < 4.78 is 6.99. The molecule has 1 aromatic rings. The summed E-state index contributed by atoms with van der Waals surface area (Å²) in [5.41, 5.74) is -0.510. The predicted molar refractivity (Wildman–Crippen MR) is 120 cm³/mol. The van der Waals surface area contributed by atoms with E-state index in [1.54, 1.807) is 11.8 Å². The molecule has 9 nitrogen and oxygen atoms in total. The maximum atomic E-state index is 13.3. The van der Waals surface area contributed by atoms with Crippen molar-refractivity contribution in [3.05, 3.63) is 17.5 Å². The van der Waals surface area contributed by atoms with E-state index in [1.807, 2.05) is 20.8 Å². The lowest BCUT2D eigenvalue weighted by molar-refractivity contribution is -0.133. The molecule has 3 rings (SSSR count). The number of nitrogens with one attached hydrogen (secondary N) is 2. The minimum Gasteiger partial charge on any atom is -0.379 e. The highest BCUT2D eigenvalue weighted by molar-refractivity contribution is 6.01. The smallest absolute Gasteiger partial charge is 0.273 e. The van der Waals surface area contributed by atoms with Gasteiger partial charge in [-0.25, -0.2) is 0 Å². The van der Waals surface area contributed by atoms with Gasteiger partial charge >= 0.3 is 0 Å².